The summed E-state index contributed by atoms with van der Waals surface area (Å²) in [5.74, 6) is -1.18. The smallest absolute Gasteiger partial charge is 0.337 e. The van der Waals surface area contributed by atoms with Crippen molar-refractivity contribution < 1.29 is 9.90 Å². The van der Waals surface area contributed by atoms with Crippen LogP contribution in [0.15, 0.2) is 29.6 Å². The van der Waals surface area contributed by atoms with E-state index < -0.39 is 11.5 Å². The molecule has 0 atom stereocenters. The van der Waals surface area contributed by atoms with Crippen molar-refractivity contribution in [2.24, 2.45) is 0 Å². The van der Waals surface area contributed by atoms with Crippen molar-refractivity contribution in [3.05, 3.63) is 51.3 Å². The van der Waals surface area contributed by atoms with Crippen molar-refractivity contribution in [3.63, 3.8) is 0 Å². The first-order chi connectivity index (χ1) is 8.04. The van der Waals surface area contributed by atoms with Crippen molar-refractivity contribution in [3.8, 4) is 0 Å². The normalized spacial score (nSPS) is 10.4. The van der Waals surface area contributed by atoms with Crippen LogP contribution in [0.3, 0.4) is 0 Å². The van der Waals surface area contributed by atoms with Gasteiger partial charge in [-0.05, 0) is 18.2 Å². The van der Waals surface area contributed by atoms with Crippen LogP contribution in [0.5, 0.6) is 0 Å². The van der Waals surface area contributed by atoms with E-state index in [0.717, 1.165) is 0 Å². The van der Waals surface area contributed by atoms with Gasteiger partial charge in [-0.2, -0.15) is 0 Å². The van der Waals surface area contributed by atoms with Gasteiger partial charge in [0.15, 0.2) is 0 Å². The first kappa shape index (κ1) is 11.4. The van der Waals surface area contributed by atoms with Crippen LogP contribution in [-0.2, 0) is 0 Å². The molecule has 0 aliphatic carbocycles. The van der Waals surface area contributed by atoms with Gasteiger partial charge < -0.3 is 10.1 Å². The Balaban J connectivity index is 3.05. The molecule has 0 bridgehead atoms. The number of carboxylic acid groups (broad SMARTS) is 1. The van der Waals surface area contributed by atoms with Gasteiger partial charge in [0, 0.05) is 15.9 Å². The number of aromatic nitrogens is 1. The number of halogens is 1. The van der Waals surface area contributed by atoms with Crippen LogP contribution in [0.4, 0.5) is 0 Å². The first-order valence-corrected chi connectivity index (χ1v) is 5.13. The second kappa shape index (κ2) is 4.07. The maximum absolute atomic E-state index is 11.7. The molecule has 0 saturated carbocycles. The Bertz CT molecular complexity index is 688. The average Bonchev–Trinajstić information content (AvgIpc) is 2.27. The highest BCUT2D eigenvalue weighted by atomic mass is 35.5. The van der Waals surface area contributed by atoms with Gasteiger partial charge in [0.2, 0.25) is 0 Å². The summed E-state index contributed by atoms with van der Waals surface area (Å²) in [4.78, 5) is 25.4. The number of carboxylic acids is 1. The molecule has 0 amide bonds. The molecular formula is C12H8ClNO3. The molecule has 2 N–H and O–H groups in total. The quantitative estimate of drug-likeness (QED) is 0.859. The second-order valence-electron chi connectivity index (χ2n) is 3.44. The van der Waals surface area contributed by atoms with E-state index in [9.17, 15) is 9.59 Å². The van der Waals surface area contributed by atoms with Crippen LogP contribution in [0.25, 0.3) is 17.0 Å². The summed E-state index contributed by atoms with van der Waals surface area (Å²) in [6, 6.07) is 4.65. The number of aromatic carboxylic acids is 1. The van der Waals surface area contributed by atoms with Crippen molar-refractivity contribution in [1.29, 1.82) is 0 Å². The third-order valence-corrected chi connectivity index (χ3v) is 2.67. The van der Waals surface area contributed by atoms with Gasteiger partial charge in [0.25, 0.3) is 5.56 Å². The van der Waals surface area contributed by atoms with E-state index in [0.29, 0.717) is 15.9 Å². The summed E-state index contributed by atoms with van der Waals surface area (Å²) in [5.41, 5.74) is -0.0943. The first-order valence-electron chi connectivity index (χ1n) is 4.76. The zero-order valence-corrected chi connectivity index (χ0v) is 9.41. The lowest BCUT2D eigenvalue weighted by molar-refractivity contribution is 0.0698. The summed E-state index contributed by atoms with van der Waals surface area (Å²) >= 11 is 5.82. The molecule has 0 radical (unpaired) electrons. The Morgan fingerprint density at radius 1 is 1.47 bits per heavy atom. The minimum absolute atomic E-state index is 0.0345. The molecule has 17 heavy (non-hydrogen) atoms. The van der Waals surface area contributed by atoms with Gasteiger partial charge in [-0.25, -0.2) is 4.79 Å². The number of benzene rings is 1. The maximum atomic E-state index is 11.7. The summed E-state index contributed by atoms with van der Waals surface area (Å²) in [5, 5.41) is 9.96. The molecule has 86 valence electrons. The number of fused-ring (bicyclic) bond motifs is 1. The number of aromatic amines is 1. The molecule has 4 nitrogen and oxygen atoms in total. The fraction of sp³-hybridized carbons (Fsp3) is 0. The Kier molecular flexibility index (Phi) is 2.73. The minimum Gasteiger partial charge on any atom is -0.478 e. The minimum atomic E-state index is -1.18. The van der Waals surface area contributed by atoms with E-state index >= 15 is 0 Å². The highest BCUT2D eigenvalue weighted by Gasteiger charge is 2.16. The van der Waals surface area contributed by atoms with Crippen molar-refractivity contribution >= 4 is 34.5 Å². The monoisotopic (exact) mass is 249 g/mol. The van der Waals surface area contributed by atoms with Gasteiger partial charge in [-0.3, -0.25) is 4.79 Å². The molecule has 1 heterocycles. The zero-order chi connectivity index (χ0) is 12.6. The van der Waals surface area contributed by atoms with Crippen molar-refractivity contribution in [2.75, 3.05) is 0 Å². The third-order valence-electron chi connectivity index (χ3n) is 2.43. The predicted octanol–water partition coefficient (Wildman–Crippen LogP) is 2.52. The van der Waals surface area contributed by atoms with Crippen LogP contribution in [0.2, 0.25) is 5.02 Å². The fourth-order valence-corrected chi connectivity index (χ4v) is 1.88. The van der Waals surface area contributed by atoms with Crippen molar-refractivity contribution in [2.45, 2.75) is 0 Å². The summed E-state index contributed by atoms with van der Waals surface area (Å²) in [6.07, 6.45) is 1.22. The van der Waals surface area contributed by atoms with Gasteiger partial charge >= 0.3 is 5.97 Å². The molecule has 2 rings (SSSR count). The topological polar surface area (TPSA) is 70.2 Å². The van der Waals surface area contributed by atoms with Crippen LogP contribution in [0.1, 0.15) is 15.9 Å². The molecule has 0 fully saturated rings. The lowest BCUT2D eigenvalue weighted by Gasteiger charge is -2.06. The number of pyridine rings is 1. The third kappa shape index (κ3) is 1.83. The molecule has 5 heteroatoms. The molecule has 0 spiro atoms. The Morgan fingerprint density at radius 2 is 2.18 bits per heavy atom. The standard InChI is InChI=1S/C12H8ClNO3/c1-2-7-10(12(16)17)8-5-6(13)3-4-9(8)14-11(7)15/h2-5H,1H2,(H,14,15)(H,16,17). The number of hydrogen-bond acceptors (Lipinski definition) is 2. The molecule has 1 aromatic carbocycles. The molecule has 1 aromatic heterocycles. The van der Waals surface area contributed by atoms with Gasteiger partial charge in [0.1, 0.15) is 0 Å². The van der Waals surface area contributed by atoms with Gasteiger partial charge in [0.05, 0.1) is 11.1 Å². The Labute approximate surface area is 101 Å². The molecule has 0 unspecified atom stereocenters. The van der Waals surface area contributed by atoms with Crippen molar-refractivity contribution in [1.82, 2.24) is 4.98 Å². The fourth-order valence-electron chi connectivity index (χ4n) is 1.71. The average molecular weight is 250 g/mol. The van der Waals surface area contributed by atoms with Crippen LogP contribution in [0, 0.1) is 0 Å². The van der Waals surface area contributed by atoms with E-state index in [1.54, 1.807) is 12.1 Å². The molecule has 0 saturated heterocycles. The zero-order valence-electron chi connectivity index (χ0n) is 8.66. The van der Waals surface area contributed by atoms with Gasteiger partial charge in [-0.15, -0.1) is 0 Å². The number of rotatable bonds is 2. The largest absolute Gasteiger partial charge is 0.478 e. The van der Waals surface area contributed by atoms with Crippen LogP contribution in [-0.4, -0.2) is 16.1 Å². The number of carbonyl (C=O) groups is 1. The van der Waals surface area contributed by atoms with Crippen LogP contribution < -0.4 is 5.56 Å². The van der Waals surface area contributed by atoms with E-state index in [2.05, 4.69) is 11.6 Å². The Morgan fingerprint density at radius 3 is 2.76 bits per heavy atom. The van der Waals surface area contributed by atoms with E-state index in [-0.39, 0.29) is 11.1 Å². The van der Waals surface area contributed by atoms with Gasteiger partial charge in [-0.1, -0.05) is 24.3 Å². The molecule has 2 aromatic rings. The number of H-pyrrole nitrogens is 1. The van der Waals surface area contributed by atoms with Crippen LogP contribution >= 0.6 is 11.6 Å². The highest BCUT2D eigenvalue weighted by Crippen LogP contribution is 2.22. The SMILES string of the molecule is C=Cc1c(C(=O)O)c2cc(Cl)ccc2[nH]c1=O. The molecular weight excluding hydrogens is 242 g/mol. The molecule has 0 aliphatic rings. The van der Waals surface area contributed by atoms with E-state index in [4.69, 9.17) is 16.7 Å². The summed E-state index contributed by atoms with van der Waals surface area (Å²) in [6.45, 7) is 3.45. The number of nitrogens with one attached hydrogen (secondary N) is 1. The van der Waals surface area contributed by atoms with E-state index in [1.165, 1.54) is 12.1 Å². The summed E-state index contributed by atoms with van der Waals surface area (Å²) in [7, 11) is 0. The van der Waals surface area contributed by atoms with E-state index in [1.807, 2.05) is 0 Å². The molecule has 0 aliphatic heterocycles. The number of hydrogen-bond donors (Lipinski definition) is 2. The second-order valence-corrected chi connectivity index (χ2v) is 3.88. The summed E-state index contributed by atoms with van der Waals surface area (Å²) < 4.78 is 0. The maximum Gasteiger partial charge on any atom is 0.337 e. The Hall–Kier alpha value is -2.07. The highest BCUT2D eigenvalue weighted by molar-refractivity contribution is 6.31. The lowest BCUT2D eigenvalue weighted by Crippen LogP contribution is -2.16. The predicted molar refractivity (Wildman–Crippen MR) is 66.6 cm³/mol. The lowest BCUT2D eigenvalue weighted by atomic mass is 10.0.